The molecule has 0 bridgehead atoms. The Balaban J connectivity index is 0. The molecule has 0 aliphatic carbocycles. The van der Waals surface area contributed by atoms with Gasteiger partial charge in [-0.15, -0.1) is 0 Å². The van der Waals surface area contributed by atoms with E-state index in [1.54, 1.807) is 0 Å². The van der Waals surface area contributed by atoms with Gasteiger partial charge in [0.1, 0.15) is 0 Å². The minimum absolute atomic E-state index is 0. The van der Waals surface area contributed by atoms with E-state index in [1.165, 1.54) is 30.6 Å². The monoisotopic (exact) mass is 585 g/mol. The number of benzene rings is 3. The molecule has 0 aromatic heterocycles. The molecule has 0 atom stereocenters. The Labute approximate surface area is 184 Å². The summed E-state index contributed by atoms with van der Waals surface area (Å²) in [7, 11) is -0.446. The molecule has 0 heterocycles. The van der Waals surface area contributed by atoms with E-state index in [4.69, 9.17) is 33.2 Å². The first-order chi connectivity index (χ1) is 13.7. The molecule has 0 radical (unpaired) electrons. The van der Waals surface area contributed by atoms with Gasteiger partial charge in [0, 0.05) is 0 Å². The van der Waals surface area contributed by atoms with Gasteiger partial charge in [0.05, 0.1) is 0 Å². The van der Waals surface area contributed by atoms with Crippen molar-refractivity contribution in [3.63, 3.8) is 0 Å². The third-order valence-electron chi connectivity index (χ3n) is 3.04. The molecule has 3 aromatic rings. The molecule has 148 valence electrons. The molecule has 9 nitrogen and oxygen atoms in total. The van der Waals surface area contributed by atoms with Crippen molar-refractivity contribution in [1.82, 2.24) is 0 Å². The molecule has 3 aromatic carbocycles. The van der Waals surface area contributed by atoms with Gasteiger partial charge in [-0.05, 0) is 23.8 Å². The van der Waals surface area contributed by atoms with Gasteiger partial charge < -0.3 is 33.2 Å². The van der Waals surface area contributed by atoms with E-state index in [0.29, 0.717) is 0 Å². The molecule has 0 spiro atoms. The molecule has 11 heteroatoms. The summed E-state index contributed by atoms with van der Waals surface area (Å²) in [5, 5.41) is 4.19. The molecule has 0 aliphatic heterocycles. The molecule has 0 fully saturated rings. The molecule has 0 saturated heterocycles. The summed E-state index contributed by atoms with van der Waals surface area (Å²) in [4.78, 5) is 4.50. The Kier molecular flexibility index (Phi) is 18.8. The third kappa shape index (κ3) is 12.0. The average Bonchev–Trinajstić information content (AvgIpc) is 2.73. The largest absolute Gasteiger partial charge is 3.00 e. The maximum Gasteiger partial charge on any atom is 3.00 e. The Morgan fingerprint density at radius 1 is 0.414 bits per heavy atom. The second kappa shape index (κ2) is 19.5. The number of rotatable bonds is 3. The molecule has 3 rings (SSSR count). The topological polar surface area (TPSA) is 176 Å². The van der Waals surface area contributed by atoms with Crippen LogP contribution >= 0.6 is 7.92 Å². The van der Waals surface area contributed by atoms with E-state index in [-0.39, 0.29) is 22.4 Å². The van der Waals surface area contributed by atoms with Crippen LogP contribution in [0.2, 0.25) is 0 Å². The van der Waals surface area contributed by atoms with Gasteiger partial charge in [0.15, 0.2) is 0 Å². The van der Waals surface area contributed by atoms with Crippen LogP contribution in [0.3, 0.4) is 0 Å². The predicted molar refractivity (Wildman–Crippen MR) is 115 cm³/mol. The first kappa shape index (κ1) is 28.0. The molecule has 0 aliphatic rings. The van der Waals surface area contributed by atoms with Crippen LogP contribution in [-0.2, 0) is 22.4 Å². The molecule has 0 N–H and O–H groups in total. The van der Waals surface area contributed by atoms with E-state index in [1.807, 2.05) is 0 Å². The maximum atomic E-state index is 6.75. The summed E-state index contributed by atoms with van der Waals surface area (Å²) in [6.45, 7) is 0. The first-order valence-electron chi connectivity index (χ1n) is 7.60. The summed E-state index contributed by atoms with van der Waals surface area (Å²) in [5.74, 6) is 0. The average molecular weight is 585 g/mol. The Morgan fingerprint density at radius 2 is 0.586 bits per heavy atom. The fourth-order valence-corrected chi connectivity index (χ4v) is 4.48. The van der Waals surface area contributed by atoms with Crippen molar-refractivity contribution >= 4 is 23.8 Å². The van der Waals surface area contributed by atoms with Crippen LogP contribution in [0.15, 0.2) is 91.0 Å². The zero-order valence-electron chi connectivity index (χ0n) is 14.9. The zero-order chi connectivity index (χ0) is 21.0. The molecule has 29 heavy (non-hydrogen) atoms. The smallest absolute Gasteiger partial charge is 0.373 e. The molecular formula is C18H15AuN9P. The fourth-order valence-electron chi connectivity index (χ4n) is 2.18. The van der Waals surface area contributed by atoms with Gasteiger partial charge in [0.25, 0.3) is 0 Å². The molecule has 0 amide bonds. The van der Waals surface area contributed by atoms with Crippen molar-refractivity contribution in [3.8, 4) is 0 Å². The van der Waals surface area contributed by atoms with Crippen LogP contribution in [0, 0.1) is 0 Å². The van der Waals surface area contributed by atoms with Gasteiger partial charge in [-0.1, -0.05) is 91.0 Å². The van der Waals surface area contributed by atoms with Crippen molar-refractivity contribution in [2.75, 3.05) is 0 Å². The Bertz CT molecular complexity index is 768. The number of nitrogens with zero attached hydrogens (tertiary/aromatic N) is 9. The number of hydrogen-bond donors (Lipinski definition) is 0. The van der Waals surface area contributed by atoms with Gasteiger partial charge >= 0.3 is 22.4 Å². The standard InChI is InChI=1S/C18H15P.Au.3N3/c1-4-10-16(11-5-1)19(17-12-6-2-7-13-17)18-14-8-3-9-15-18;;3*1-3-2/h1-15H;;;;/q;+3;3*-1. The second-order valence-electron chi connectivity index (χ2n) is 4.61. The van der Waals surface area contributed by atoms with Gasteiger partial charge in [-0.25, -0.2) is 0 Å². The van der Waals surface area contributed by atoms with Crippen LogP contribution in [-0.4, -0.2) is 0 Å². The quantitative estimate of drug-likeness (QED) is 0.115. The van der Waals surface area contributed by atoms with Gasteiger partial charge in [0.2, 0.25) is 0 Å². The zero-order valence-corrected chi connectivity index (χ0v) is 18.0. The van der Waals surface area contributed by atoms with Gasteiger partial charge in [-0.3, -0.25) is 14.7 Å². The summed E-state index contributed by atoms with van der Waals surface area (Å²) >= 11 is 0. The van der Waals surface area contributed by atoms with Crippen LogP contribution in [0.4, 0.5) is 0 Å². The summed E-state index contributed by atoms with van der Waals surface area (Å²) in [6.07, 6.45) is 0. The minimum atomic E-state index is -0.446. The second-order valence-corrected chi connectivity index (χ2v) is 6.83. The maximum absolute atomic E-state index is 6.75. The fraction of sp³-hybridized carbons (Fsp3) is 0. The third-order valence-corrected chi connectivity index (χ3v) is 5.49. The normalized spacial score (nSPS) is 7.76. The van der Waals surface area contributed by atoms with E-state index < -0.39 is 7.92 Å². The van der Waals surface area contributed by atoms with Gasteiger partial charge in [-0.2, -0.15) is 0 Å². The van der Waals surface area contributed by atoms with Crippen molar-refractivity contribution in [2.24, 2.45) is 0 Å². The van der Waals surface area contributed by atoms with Crippen LogP contribution < -0.4 is 15.9 Å². The van der Waals surface area contributed by atoms with Crippen LogP contribution in [0.5, 0.6) is 0 Å². The first-order valence-corrected chi connectivity index (χ1v) is 8.94. The molecular weight excluding hydrogens is 570 g/mol. The SMILES string of the molecule is [Au+3].[N-]=[N+]=[N-].[N-]=[N+]=[N-].[N-]=[N+]=[N-].c1ccc(P(c2ccccc2)c2ccccc2)cc1. The van der Waals surface area contributed by atoms with Crippen molar-refractivity contribution in [3.05, 3.63) is 139 Å². The number of hydrogen-bond acceptors (Lipinski definition) is 0. The van der Waals surface area contributed by atoms with E-state index in [0.717, 1.165) is 0 Å². The van der Waals surface area contributed by atoms with Crippen molar-refractivity contribution in [2.45, 2.75) is 0 Å². The molecule has 0 unspecified atom stereocenters. The van der Waals surface area contributed by atoms with E-state index >= 15 is 0 Å². The van der Waals surface area contributed by atoms with Crippen molar-refractivity contribution in [1.29, 1.82) is 0 Å². The summed E-state index contributed by atoms with van der Waals surface area (Å²) in [6, 6.07) is 32.3. The Hall–Kier alpha value is -3.24. The predicted octanol–water partition coefficient (Wildman–Crippen LogP) is 6.04. The van der Waals surface area contributed by atoms with Crippen LogP contribution in [0.1, 0.15) is 0 Å². The summed E-state index contributed by atoms with van der Waals surface area (Å²) < 4.78 is 0. The van der Waals surface area contributed by atoms with E-state index in [9.17, 15) is 0 Å². The minimum Gasteiger partial charge on any atom is -0.373 e. The Morgan fingerprint density at radius 3 is 0.759 bits per heavy atom. The summed E-state index contributed by atoms with van der Waals surface area (Å²) in [5.41, 5.74) is 40.5. The van der Waals surface area contributed by atoms with E-state index in [2.05, 4.69) is 91.0 Å². The van der Waals surface area contributed by atoms with Crippen molar-refractivity contribution < 1.29 is 22.4 Å². The van der Waals surface area contributed by atoms with Crippen LogP contribution in [0.25, 0.3) is 47.9 Å². The molecule has 0 saturated carbocycles.